The summed E-state index contributed by atoms with van der Waals surface area (Å²) in [7, 11) is 6.60. The molecule has 1 saturated heterocycles. The zero-order chi connectivity index (χ0) is 28.2. The first-order valence-electron chi connectivity index (χ1n) is 12.1. The second-order valence-electron chi connectivity index (χ2n) is 9.16. The number of hydrogen-bond acceptors (Lipinski definition) is 10. The highest BCUT2D eigenvalue weighted by Crippen LogP contribution is 2.37. The summed E-state index contributed by atoms with van der Waals surface area (Å²) in [6, 6.07) is 12.6. The third-order valence-electron chi connectivity index (χ3n) is 6.41. The molecule has 206 valence electrons. The summed E-state index contributed by atoms with van der Waals surface area (Å²) in [6.07, 6.45) is 1.86. The largest absolute Gasteiger partial charge is 0.496 e. The molecule has 39 heavy (non-hydrogen) atoms. The summed E-state index contributed by atoms with van der Waals surface area (Å²) in [5.74, 6) is -0.758. The third-order valence-corrected chi connectivity index (χ3v) is 8.42. The first kappa shape index (κ1) is 28.4. The first-order valence-corrected chi connectivity index (χ1v) is 13.8. The number of aromatic nitrogens is 1. The van der Waals surface area contributed by atoms with Crippen LogP contribution in [0.5, 0.6) is 5.75 Å². The van der Waals surface area contributed by atoms with Crippen molar-refractivity contribution in [2.45, 2.75) is 27.5 Å². The van der Waals surface area contributed by atoms with Crippen molar-refractivity contribution in [2.75, 3.05) is 51.6 Å². The maximum atomic E-state index is 13.3. The number of esters is 1. The van der Waals surface area contributed by atoms with E-state index >= 15 is 0 Å². The van der Waals surface area contributed by atoms with Crippen molar-refractivity contribution in [2.24, 2.45) is 0 Å². The van der Waals surface area contributed by atoms with Crippen LogP contribution < -0.4 is 15.0 Å². The van der Waals surface area contributed by atoms with Gasteiger partial charge in [0.15, 0.2) is 10.7 Å². The van der Waals surface area contributed by atoms with Gasteiger partial charge in [0, 0.05) is 56.2 Å². The Hall–Kier alpha value is -3.61. The maximum absolute atomic E-state index is 13.3. The second-order valence-corrected chi connectivity index (χ2v) is 11.6. The molecule has 0 aliphatic carbocycles. The summed E-state index contributed by atoms with van der Waals surface area (Å²) >= 11 is 2.74. The molecular weight excluding hydrogens is 540 g/mol. The predicted octanol–water partition coefficient (Wildman–Crippen LogP) is 3.76. The van der Waals surface area contributed by atoms with Crippen LogP contribution in [0.1, 0.15) is 33.6 Å². The minimum atomic E-state index is -1.58. The number of rotatable bonds is 8. The fourth-order valence-corrected chi connectivity index (χ4v) is 6.01. The van der Waals surface area contributed by atoms with E-state index in [-0.39, 0.29) is 37.7 Å². The van der Waals surface area contributed by atoms with E-state index in [0.29, 0.717) is 22.0 Å². The van der Waals surface area contributed by atoms with E-state index in [0.717, 1.165) is 14.8 Å². The Morgan fingerprint density at radius 1 is 1.10 bits per heavy atom. The normalized spacial score (nSPS) is 14.4. The Labute approximate surface area is 234 Å². The number of anilines is 2. The van der Waals surface area contributed by atoms with Gasteiger partial charge in [-0.1, -0.05) is 23.1 Å². The molecule has 0 spiro atoms. The van der Waals surface area contributed by atoms with Crippen molar-refractivity contribution in [3.8, 4) is 5.75 Å². The lowest BCUT2D eigenvalue weighted by Gasteiger charge is -2.36. The van der Waals surface area contributed by atoms with Crippen LogP contribution in [-0.2, 0) is 9.53 Å². The van der Waals surface area contributed by atoms with Gasteiger partial charge < -0.3 is 24.4 Å². The molecule has 2 heterocycles. The monoisotopic (exact) mass is 570 g/mol. The standard InChI is InChI=1S/C27H30N4O6S2/c1-30(2)18-7-5-17(6-8-18)23(32)29-26-28-16-22(39-26)38-19-9-10-21(36-3)20(15-19)24(33)31-13-11-27(35,12-14-31)25(34)37-4/h5-10,15-16,35H,11-14H2,1-4H3,(H,28,29,32). The number of amides is 2. The van der Waals surface area contributed by atoms with E-state index in [1.165, 1.54) is 37.3 Å². The quantitative estimate of drug-likeness (QED) is 0.390. The molecule has 12 heteroatoms. The molecule has 0 saturated carbocycles. The van der Waals surface area contributed by atoms with E-state index in [9.17, 15) is 19.5 Å². The van der Waals surface area contributed by atoms with Crippen molar-refractivity contribution in [3.05, 3.63) is 59.8 Å². The van der Waals surface area contributed by atoms with Crippen LogP contribution in [0.15, 0.2) is 57.8 Å². The second kappa shape index (κ2) is 12.1. The number of thiazole rings is 1. The van der Waals surface area contributed by atoms with Crippen molar-refractivity contribution < 1.29 is 29.0 Å². The molecule has 0 unspecified atom stereocenters. The molecule has 1 fully saturated rings. The summed E-state index contributed by atoms with van der Waals surface area (Å²) < 4.78 is 11.0. The Kier molecular flexibility index (Phi) is 8.78. The van der Waals surface area contributed by atoms with E-state index in [2.05, 4.69) is 10.3 Å². The smallest absolute Gasteiger partial charge is 0.337 e. The summed E-state index contributed by atoms with van der Waals surface area (Å²) in [4.78, 5) is 46.5. The van der Waals surface area contributed by atoms with Crippen LogP contribution in [0.25, 0.3) is 0 Å². The van der Waals surface area contributed by atoms with Gasteiger partial charge in [0.05, 0.1) is 30.2 Å². The topological polar surface area (TPSA) is 121 Å². The predicted molar refractivity (Wildman–Crippen MR) is 150 cm³/mol. The molecule has 2 N–H and O–H groups in total. The van der Waals surface area contributed by atoms with Gasteiger partial charge >= 0.3 is 5.97 Å². The number of piperidine rings is 1. The lowest BCUT2D eigenvalue weighted by atomic mass is 9.91. The number of hydrogen-bond donors (Lipinski definition) is 2. The number of methoxy groups -OCH3 is 2. The molecule has 2 amide bonds. The van der Waals surface area contributed by atoms with Gasteiger partial charge in [0.2, 0.25) is 0 Å². The van der Waals surface area contributed by atoms with Crippen molar-refractivity contribution in [3.63, 3.8) is 0 Å². The van der Waals surface area contributed by atoms with Crippen LogP contribution in [0.2, 0.25) is 0 Å². The summed E-state index contributed by atoms with van der Waals surface area (Å²) in [6.45, 7) is 0.418. The van der Waals surface area contributed by atoms with Gasteiger partial charge in [-0.25, -0.2) is 9.78 Å². The number of carbonyl (C=O) groups excluding carboxylic acids is 3. The molecule has 0 radical (unpaired) electrons. The fraction of sp³-hybridized carbons (Fsp3) is 0.333. The summed E-state index contributed by atoms with van der Waals surface area (Å²) in [5.41, 5.74) is 0.332. The van der Waals surface area contributed by atoms with Gasteiger partial charge in [0.25, 0.3) is 11.8 Å². The number of likely N-dealkylation sites (tertiary alicyclic amines) is 1. The average Bonchev–Trinajstić information content (AvgIpc) is 3.38. The fourth-order valence-electron chi connectivity index (χ4n) is 4.12. The molecule has 0 bridgehead atoms. The maximum Gasteiger partial charge on any atom is 0.337 e. The number of aliphatic hydroxyl groups is 1. The average molecular weight is 571 g/mol. The molecule has 1 aliphatic rings. The van der Waals surface area contributed by atoms with Crippen LogP contribution in [-0.4, -0.2) is 79.8 Å². The van der Waals surface area contributed by atoms with Gasteiger partial charge in [-0.2, -0.15) is 0 Å². The molecule has 4 rings (SSSR count). The Bertz CT molecular complexity index is 1350. The van der Waals surface area contributed by atoms with Crippen molar-refractivity contribution >= 4 is 51.7 Å². The number of nitrogens with zero attached hydrogens (tertiary/aromatic N) is 3. The molecule has 1 aromatic heterocycles. The lowest BCUT2D eigenvalue weighted by molar-refractivity contribution is -0.166. The lowest BCUT2D eigenvalue weighted by Crippen LogP contribution is -2.51. The van der Waals surface area contributed by atoms with E-state index in [1.54, 1.807) is 35.4 Å². The molecule has 3 aromatic rings. The van der Waals surface area contributed by atoms with Gasteiger partial charge in [-0.05, 0) is 42.5 Å². The molecular formula is C27H30N4O6S2. The SMILES string of the molecule is COC(=O)C1(O)CCN(C(=O)c2cc(Sc3cnc(NC(=O)c4ccc(N(C)C)cc4)s3)ccc2OC)CC1. The first-order chi connectivity index (χ1) is 18.6. The number of nitrogens with one attached hydrogen (secondary N) is 1. The number of carbonyl (C=O) groups is 3. The summed E-state index contributed by atoms with van der Waals surface area (Å²) in [5, 5.41) is 13.8. The highest BCUT2D eigenvalue weighted by molar-refractivity contribution is 8.01. The van der Waals surface area contributed by atoms with E-state index < -0.39 is 11.6 Å². The van der Waals surface area contributed by atoms with Gasteiger partial charge in [0.1, 0.15) is 5.75 Å². The van der Waals surface area contributed by atoms with Crippen molar-refractivity contribution in [1.29, 1.82) is 0 Å². The molecule has 10 nitrogen and oxygen atoms in total. The van der Waals surface area contributed by atoms with Crippen LogP contribution >= 0.6 is 23.1 Å². The Morgan fingerprint density at radius 3 is 2.41 bits per heavy atom. The zero-order valence-electron chi connectivity index (χ0n) is 22.1. The third kappa shape index (κ3) is 6.52. The van der Waals surface area contributed by atoms with E-state index in [1.807, 2.05) is 37.2 Å². The van der Waals surface area contributed by atoms with E-state index in [4.69, 9.17) is 9.47 Å². The van der Waals surface area contributed by atoms with Gasteiger partial charge in [-0.15, -0.1) is 0 Å². The molecule has 1 aliphatic heterocycles. The molecule has 0 atom stereocenters. The number of ether oxygens (including phenoxy) is 2. The minimum Gasteiger partial charge on any atom is -0.496 e. The number of benzene rings is 2. The zero-order valence-corrected chi connectivity index (χ0v) is 23.7. The van der Waals surface area contributed by atoms with Crippen LogP contribution in [0.3, 0.4) is 0 Å². The van der Waals surface area contributed by atoms with Crippen molar-refractivity contribution in [1.82, 2.24) is 9.88 Å². The molecule has 2 aromatic carbocycles. The van der Waals surface area contributed by atoms with Crippen LogP contribution in [0.4, 0.5) is 10.8 Å². The van der Waals surface area contributed by atoms with Crippen LogP contribution in [0, 0.1) is 0 Å². The highest BCUT2D eigenvalue weighted by atomic mass is 32.2. The Balaban J connectivity index is 1.42. The van der Waals surface area contributed by atoms with Gasteiger partial charge in [-0.3, -0.25) is 14.9 Å². The Morgan fingerprint density at radius 2 is 1.79 bits per heavy atom. The highest BCUT2D eigenvalue weighted by Gasteiger charge is 2.41. The minimum absolute atomic E-state index is 0.0946.